The van der Waals surface area contributed by atoms with Crippen molar-refractivity contribution in [2.24, 2.45) is 0 Å². The van der Waals surface area contributed by atoms with Gasteiger partial charge in [0.25, 0.3) is 5.91 Å². The van der Waals surface area contributed by atoms with Crippen LogP contribution in [0.25, 0.3) is 0 Å². The average Bonchev–Trinajstić information content (AvgIpc) is 3.04. The summed E-state index contributed by atoms with van der Waals surface area (Å²) in [5.74, 6) is -0.228. The predicted molar refractivity (Wildman–Crippen MR) is 122 cm³/mol. The van der Waals surface area contributed by atoms with Crippen LogP contribution >= 0.6 is 25.3 Å². The lowest BCUT2D eigenvalue weighted by Crippen LogP contribution is -2.42. The van der Waals surface area contributed by atoms with Crippen molar-refractivity contribution in [3.05, 3.63) is 58.4 Å². The van der Waals surface area contributed by atoms with Gasteiger partial charge in [-0.2, -0.15) is 25.3 Å². The van der Waals surface area contributed by atoms with Gasteiger partial charge in [-0.1, -0.05) is 30.3 Å². The number of carbonyl (C=O) groups excluding carboxylic acids is 3. The third-order valence-corrected chi connectivity index (χ3v) is 4.92. The molecule has 0 unspecified atom stereocenters. The summed E-state index contributed by atoms with van der Waals surface area (Å²) in [7, 11) is 0. The maximum absolute atomic E-state index is 13.1. The minimum absolute atomic E-state index is 0.0922. The van der Waals surface area contributed by atoms with E-state index in [9.17, 15) is 14.4 Å². The Kier molecular flexibility index (Phi) is 9.32. The first-order valence-electron chi connectivity index (χ1n) is 9.57. The second kappa shape index (κ2) is 11.7. The summed E-state index contributed by atoms with van der Waals surface area (Å²) >= 11 is 8.25. The molecule has 1 heterocycles. The summed E-state index contributed by atoms with van der Waals surface area (Å²) in [6.07, 6.45) is 0. The molecular formula is C21H27N3O4S2. The van der Waals surface area contributed by atoms with E-state index >= 15 is 0 Å². The van der Waals surface area contributed by atoms with Crippen LogP contribution in [-0.4, -0.2) is 58.8 Å². The molecule has 162 valence electrons. The van der Waals surface area contributed by atoms with Gasteiger partial charge in [-0.15, -0.1) is 0 Å². The van der Waals surface area contributed by atoms with Gasteiger partial charge in [0.05, 0.1) is 12.1 Å². The number of aromatic amines is 1. The number of amides is 2. The summed E-state index contributed by atoms with van der Waals surface area (Å²) < 4.78 is 5.38. The third kappa shape index (κ3) is 6.30. The highest BCUT2D eigenvalue weighted by molar-refractivity contribution is 7.80. The Balaban J connectivity index is 2.15. The van der Waals surface area contributed by atoms with E-state index in [1.807, 2.05) is 30.3 Å². The zero-order valence-corrected chi connectivity index (χ0v) is 18.9. The number of ether oxygens (including phenoxy) is 1. The topological polar surface area (TPSA) is 91.5 Å². The van der Waals surface area contributed by atoms with Gasteiger partial charge in [0.15, 0.2) is 0 Å². The third-order valence-electron chi connectivity index (χ3n) is 4.49. The molecule has 0 aliphatic carbocycles. The number of esters is 1. The number of benzene rings is 1. The van der Waals surface area contributed by atoms with Crippen LogP contribution in [0.4, 0.5) is 0 Å². The Morgan fingerprint density at radius 3 is 2.43 bits per heavy atom. The van der Waals surface area contributed by atoms with Gasteiger partial charge in [0, 0.05) is 30.3 Å². The van der Waals surface area contributed by atoms with Gasteiger partial charge in [0.2, 0.25) is 5.91 Å². The van der Waals surface area contributed by atoms with Crippen LogP contribution < -0.4 is 5.32 Å². The molecule has 0 atom stereocenters. The van der Waals surface area contributed by atoms with Crippen LogP contribution in [0.2, 0.25) is 0 Å². The molecule has 0 saturated carbocycles. The Labute approximate surface area is 187 Å². The van der Waals surface area contributed by atoms with Crippen LogP contribution in [0, 0.1) is 13.8 Å². The van der Waals surface area contributed by atoms with Crippen LogP contribution in [0.3, 0.4) is 0 Å². The highest BCUT2D eigenvalue weighted by Gasteiger charge is 2.27. The molecule has 0 aliphatic heterocycles. The second-order valence-electron chi connectivity index (χ2n) is 6.71. The van der Waals surface area contributed by atoms with Crippen LogP contribution in [0.5, 0.6) is 0 Å². The monoisotopic (exact) mass is 449 g/mol. The number of rotatable bonds is 10. The second-order valence-corrected chi connectivity index (χ2v) is 7.61. The van der Waals surface area contributed by atoms with Gasteiger partial charge in [-0.25, -0.2) is 4.79 Å². The number of nitrogens with one attached hydrogen (secondary N) is 2. The van der Waals surface area contributed by atoms with E-state index in [0.717, 1.165) is 5.56 Å². The Morgan fingerprint density at radius 2 is 1.80 bits per heavy atom. The number of nitrogens with zero attached hydrogens (tertiary/aromatic N) is 1. The fourth-order valence-corrected chi connectivity index (χ4v) is 3.38. The van der Waals surface area contributed by atoms with Crippen LogP contribution in [0.15, 0.2) is 30.3 Å². The first-order chi connectivity index (χ1) is 14.4. The summed E-state index contributed by atoms with van der Waals surface area (Å²) in [4.78, 5) is 42.1. The number of aromatic nitrogens is 1. The van der Waals surface area contributed by atoms with E-state index in [2.05, 4.69) is 35.6 Å². The van der Waals surface area contributed by atoms with Gasteiger partial charge in [-0.3, -0.25) is 9.59 Å². The smallest absolute Gasteiger partial charge is 0.355 e. The van der Waals surface area contributed by atoms with Crippen molar-refractivity contribution in [3.63, 3.8) is 0 Å². The summed E-state index contributed by atoms with van der Waals surface area (Å²) in [6.45, 7) is 4.17. The number of hydrogen-bond acceptors (Lipinski definition) is 6. The standard InChI is InChI=1S/C21H27N3O4S2/c1-14-18(20(26)24(9-11-30)12-17(25)22-8-10-29)15(2)23-19(14)21(27)28-13-16-6-4-3-5-7-16/h3-7,23,29-30H,8-13H2,1-2H3,(H,22,25). The number of carbonyl (C=O) groups is 3. The van der Waals surface area contributed by atoms with Crippen molar-refractivity contribution in [2.45, 2.75) is 20.5 Å². The van der Waals surface area contributed by atoms with Gasteiger partial charge in [0.1, 0.15) is 12.3 Å². The molecule has 2 N–H and O–H groups in total. The van der Waals surface area contributed by atoms with E-state index in [0.29, 0.717) is 41.4 Å². The molecule has 7 nitrogen and oxygen atoms in total. The predicted octanol–water partition coefficient (Wildman–Crippen LogP) is 2.41. The van der Waals surface area contributed by atoms with Gasteiger partial charge < -0.3 is 19.9 Å². The highest BCUT2D eigenvalue weighted by Crippen LogP contribution is 2.21. The Bertz CT molecular complexity index is 884. The lowest BCUT2D eigenvalue weighted by molar-refractivity contribution is -0.121. The van der Waals surface area contributed by atoms with Gasteiger partial charge in [-0.05, 0) is 25.0 Å². The van der Waals surface area contributed by atoms with Crippen molar-refractivity contribution in [2.75, 3.05) is 31.1 Å². The summed E-state index contributed by atoms with van der Waals surface area (Å²) in [5, 5.41) is 2.70. The molecule has 0 fully saturated rings. The SMILES string of the molecule is Cc1[nH]c(C(=O)OCc2ccccc2)c(C)c1C(=O)N(CCS)CC(=O)NCCS. The van der Waals surface area contributed by atoms with Crippen LogP contribution in [0.1, 0.15) is 37.7 Å². The molecule has 0 bridgehead atoms. The zero-order chi connectivity index (χ0) is 22.1. The summed E-state index contributed by atoms with van der Waals surface area (Å²) in [5.41, 5.74) is 2.51. The maximum atomic E-state index is 13.1. The fraction of sp³-hybridized carbons (Fsp3) is 0.381. The van der Waals surface area contributed by atoms with Crippen molar-refractivity contribution in [1.29, 1.82) is 0 Å². The molecule has 2 amide bonds. The fourth-order valence-electron chi connectivity index (χ4n) is 3.03. The number of H-pyrrole nitrogens is 1. The largest absolute Gasteiger partial charge is 0.456 e. The minimum Gasteiger partial charge on any atom is -0.456 e. The first-order valence-corrected chi connectivity index (χ1v) is 10.8. The molecule has 1 aromatic carbocycles. The number of thiol groups is 2. The van der Waals surface area contributed by atoms with E-state index in [1.165, 1.54) is 4.90 Å². The van der Waals surface area contributed by atoms with E-state index in [-0.39, 0.29) is 30.7 Å². The first kappa shape index (κ1) is 23.9. The Morgan fingerprint density at radius 1 is 1.10 bits per heavy atom. The number of aryl methyl sites for hydroxylation is 1. The highest BCUT2D eigenvalue weighted by atomic mass is 32.1. The van der Waals surface area contributed by atoms with Crippen molar-refractivity contribution in [1.82, 2.24) is 15.2 Å². The molecule has 0 aliphatic rings. The van der Waals surface area contributed by atoms with Crippen molar-refractivity contribution in [3.8, 4) is 0 Å². The molecule has 9 heteroatoms. The summed E-state index contributed by atoms with van der Waals surface area (Å²) in [6, 6.07) is 9.35. The van der Waals surface area contributed by atoms with E-state index in [4.69, 9.17) is 4.74 Å². The average molecular weight is 450 g/mol. The molecule has 1 aromatic heterocycles. The van der Waals surface area contributed by atoms with Crippen LogP contribution in [-0.2, 0) is 16.1 Å². The lowest BCUT2D eigenvalue weighted by atomic mass is 10.1. The molecule has 0 spiro atoms. The Hall–Kier alpha value is -2.39. The quantitative estimate of drug-likeness (QED) is 0.331. The normalized spacial score (nSPS) is 10.5. The van der Waals surface area contributed by atoms with Crippen molar-refractivity contribution >= 4 is 43.0 Å². The molecule has 2 aromatic rings. The van der Waals surface area contributed by atoms with Crippen molar-refractivity contribution < 1.29 is 19.1 Å². The number of hydrogen-bond donors (Lipinski definition) is 4. The van der Waals surface area contributed by atoms with Gasteiger partial charge >= 0.3 is 5.97 Å². The maximum Gasteiger partial charge on any atom is 0.355 e. The molecule has 30 heavy (non-hydrogen) atoms. The van der Waals surface area contributed by atoms with E-state index < -0.39 is 5.97 Å². The van der Waals surface area contributed by atoms with E-state index in [1.54, 1.807) is 13.8 Å². The molecule has 0 saturated heterocycles. The molecule has 0 radical (unpaired) electrons. The minimum atomic E-state index is -0.536. The lowest BCUT2D eigenvalue weighted by Gasteiger charge is -2.22. The zero-order valence-electron chi connectivity index (χ0n) is 17.1. The molecular weight excluding hydrogens is 422 g/mol. The molecule has 2 rings (SSSR count).